The first-order valence-electron chi connectivity index (χ1n) is 6.58. The Labute approximate surface area is 119 Å². The van der Waals surface area contributed by atoms with E-state index < -0.39 is 0 Å². The van der Waals surface area contributed by atoms with Crippen molar-refractivity contribution in [3.8, 4) is 6.07 Å². The van der Waals surface area contributed by atoms with Crippen LogP contribution in [-0.4, -0.2) is 24.3 Å². The van der Waals surface area contributed by atoms with E-state index in [-0.39, 0.29) is 18.1 Å². The summed E-state index contributed by atoms with van der Waals surface area (Å²) in [6, 6.07) is 8.88. The summed E-state index contributed by atoms with van der Waals surface area (Å²) in [4.78, 5) is 11.7. The van der Waals surface area contributed by atoms with E-state index in [0.717, 1.165) is 5.56 Å². The predicted molar refractivity (Wildman–Crippen MR) is 76.9 cm³/mol. The third-order valence-corrected chi connectivity index (χ3v) is 3.05. The number of hydrogen-bond acceptors (Lipinski definition) is 3. The lowest BCUT2D eigenvalue weighted by Crippen LogP contribution is -2.40. The van der Waals surface area contributed by atoms with Gasteiger partial charge in [-0.25, -0.2) is 4.79 Å². The molecule has 1 rings (SSSR count). The van der Waals surface area contributed by atoms with Crippen molar-refractivity contribution in [3.05, 3.63) is 35.4 Å². The van der Waals surface area contributed by atoms with E-state index in [1.807, 2.05) is 32.0 Å². The minimum Gasteiger partial charge on any atom is -0.396 e. The lowest BCUT2D eigenvalue weighted by molar-refractivity contribution is 0.201. The summed E-state index contributed by atoms with van der Waals surface area (Å²) in [5.74, 6) is 0. The van der Waals surface area contributed by atoms with Gasteiger partial charge in [-0.2, -0.15) is 5.26 Å². The van der Waals surface area contributed by atoms with Crippen molar-refractivity contribution in [3.63, 3.8) is 0 Å². The maximum atomic E-state index is 11.7. The molecule has 0 aromatic heterocycles. The van der Waals surface area contributed by atoms with E-state index >= 15 is 0 Å². The van der Waals surface area contributed by atoms with Crippen LogP contribution < -0.4 is 10.6 Å². The fraction of sp³-hybridized carbons (Fsp3) is 0.467. The zero-order chi connectivity index (χ0) is 15.0. The molecular weight excluding hydrogens is 254 g/mol. The molecule has 108 valence electrons. The highest BCUT2D eigenvalue weighted by molar-refractivity contribution is 5.73. The van der Waals surface area contributed by atoms with Crippen LogP contribution in [0.4, 0.5) is 4.79 Å². The van der Waals surface area contributed by atoms with E-state index in [2.05, 4.69) is 10.6 Å². The molecule has 0 saturated heterocycles. The fourth-order valence-corrected chi connectivity index (χ4v) is 1.65. The van der Waals surface area contributed by atoms with Gasteiger partial charge in [-0.3, -0.25) is 0 Å². The van der Waals surface area contributed by atoms with E-state index in [1.54, 1.807) is 12.1 Å². The third-order valence-electron chi connectivity index (χ3n) is 3.05. The molecule has 0 radical (unpaired) electrons. The van der Waals surface area contributed by atoms with Crippen LogP contribution in [0, 0.1) is 16.7 Å². The zero-order valence-electron chi connectivity index (χ0n) is 11.9. The molecule has 0 fully saturated rings. The van der Waals surface area contributed by atoms with Gasteiger partial charge in [0, 0.05) is 19.7 Å². The van der Waals surface area contributed by atoms with Crippen LogP contribution in [0.5, 0.6) is 0 Å². The van der Waals surface area contributed by atoms with Crippen molar-refractivity contribution >= 4 is 6.03 Å². The number of carbonyl (C=O) groups is 1. The Morgan fingerprint density at radius 3 is 2.50 bits per heavy atom. The molecule has 5 heteroatoms. The summed E-state index contributed by atoms with van der Waals surface area (Å²) < 4.78 is 0. The van der Waals surface area contributed by atoms with Crippen LogP contribution >= 0.6 is 0 Å². The molecule has 0 heterocycles. The summed E-state index contributed by atoms with van der Waals surface area (Å²) in [5.41, 5.74) is 1.42. The van der Waals surface area contributed by atoms with Crippen molar-refractivity contribution in [2.24, 2.45) is 5.41 Å². The van der Waals surface area contributed by atoms with Crippen molar-refractivity contribution in [1.82, 2.24) is 10.6 Å². The number of hydrogen-bond donors (Lipinski definition) is 3. The SMILES string of the molecule is CC(C)(CCO)CNC(=O)NCc1ccc(C#N)cc1. The number of urea groups is 1. The van der Waals surface area contributed by atoms with Gasteiger partial charge in [0.1, 0.15) is 0 Å². The van der Waals surface area contributed by atoms with Gasteiger partial charge in [0.05, 0.1) is 11.6 Å². The monoisotopic (exact) mass is 275 g/mol. The lowest BCUT2D eigenvalue weighted by atomic mass is 9.90. The Kier molecular flexibility index (Phi) is 6.01. The van der Waals surface area contributed by atoms with Crippen molar-refractivity contribution < 1.29 is 9.90 Å². The normalized spacial score (nSPS) is 10.7. The van der Waals surface area contributed by atoms with Gasteiger partial charge in [0.25, 0.3) is 0 Å². The number of carbonyl (C=O) groups excluding carboxylic acids is 1. The Bertz CT molecular complexity index is 475. The molecule has 0 atom stereocenters. The zero-order valence-corrected chi connectivity index (χ0v) is 11.9. The number of aliphatic hydroxyl groups excluding tert-OH is 1. The molecule has 20 heavy (non-hydrogen) atoms. The average molecular weight is 275 g/mol. The first-order valence-corrected chi connectivity index (χ1v) is 6.58. The van der Waals surface area contributed by atoms with Gasteiger partial charge in [0.15, 0.2) is 0 Å². The number of nitrogens with zero attached hydrogens (tertiary/aromatic N) is 1. The van der Waals surface area contributed by atoms with E-state index in [0.29, 0.717) is 25.1 Å². The van der Waals surface area contributed by atoms with Crippen molar-refractivity contribution in [2.75, 3.05) is 13.2 Å². The predicted octanol–water partition coefficient (Wildman–Crippen LogP) is 1.77. The molecule has 0 spiro atoms. The summed E-state index contributed by atoms with van der Waals surface area (Å²) in [7, 11) is 0. The van der Waals surface area contributed by atoms with E-state index in [1.165, 1.54) is 0 Å². The number of rotatable bonds is 6. The Balaban J connectivity index is 2.34. The number of amides is 2. The highest BCUT2D eigenvalue weighted by Gasteiger charge is 2.17. The van der Waals surface area contributed by atoms with Crippen LogP contribution in [0.1, 0.15) is 31.4 Å². The molecule has 2 amide bonds. The fourth-order valence-electron chi connectivity index (χ4n) is 1.65. The molecule has 1 aromatic rings. The van der Waals surface area contributed by atoms with Crippen LogP contribution in [0.25, 0.3) is 0 Å². The molecule has 0 aliphatic rings. The van der Waals surface area contributed by atoms with Crippen LogP contribution in [-0.2, 0) is 6.54 Å². The van der Waals surface area contributed by atoms with Crippen molar-refractivity contribution in [2.45, 2.75) is 26.8 Å². The van der Waals surface area contributed by atoms with Gasteiger partial charge in [-0.15, -0.1) is 0 Å². The van der Waals surface area contributed by atoms with Gasteiger partial charge >= 0.3 is 6.03 Å². The maximum absolute atomic E-state index is 11.7. The van der Waals surface area contributed by atoms with Crippen LogP contribution in [0.15, 0.2) is 24.3 Å². The Hall–Kier alpha value is -2.06. The second-order valence-corrected chi connectivity index (χ2v) is 5.48. The minimum atomic E-state index is -0.236. The van der Waals surface area contributed by atoms with E-state index in [9.17, 15) is 4.79 Å². The topological polar surface area (TPSA) is 85.2 Å². The van der Waals surface area contributed by atoms with Crippen LogP contribution in [0.2, 0.25) is 0 Å². The molecular formula is C15H21N3O2. The average Bonchev–Trinajstić information content (AvgIpc) is 2.43. The minimum absolute atomic E-state index is 0.113. The lowest BCUT2D eigenvalue weighted by Gasteiger charge is -2.23. The highest BCUT2D eigenvalue weighted by atomic mass is 16.3. The number of nitriles is 1. The first-order chi connectivity index (χ1) is 9.46. The molecule has 0 aliphatic carbocycles. The summed E-state index contributed by atoms with van der Waals surface area (Å²) in [6.07, 6.45) is 0.642. The molecule has 1 aromatic carbocycles. The van der Waals surface area contributed by atoms with Crippen LogP contribution in [0.3, 0.4) is 0 Å². The second kappa shape index (κ2) is 7.51. The molecule has 0 aliphatic heterocycles. The smallest absolute Gasteiger partial charge is 0.315 e. The molecule has 0 bridgehead atoms. The number of benzene rings is 1. The highest BCUT2D eigenvalue weighted by Crippen LogP contribution is 2.17. The van der Waals surface area contributed by atoms with E-state index in [4.69, 9.17) is 10.4 Å². The maximum Gasteiger partial charge on any atom is 0.315 e. The van der Waals surface area contributed by atoms with Gasteiger partial charge in [0.2, 0.25) is 0 Å². The molecule has 0 saturated carbocycles. The molecule has 5 nitrogen and oxygen atoms in total. The molecule has 3 N–H and O–H groups in total. The van der Waals surface area contributed by atoms with Crippen molar-refractivity contribution in [1.29, 1.82) is 5.26 Å². The first kappa shape index (κ1) is 16.0. The Morgan fingerprint density at radius 1 is 1.30 bits per heavy atom. The number of aliphatic hydroxyl groups is 1. The molecule has 0 unspecified atom stereocenters. The van der Waals surface area contributed by atoms with Gasteiger partial charge in [-0.05, 0) is 29.5 Å². The number of nitrogens with one attached hydrogen (secondary N) is 2. The summed E-state index contributed by atoms with van der Waals surface area (Å²) in [6.45, 7) is 5.01. The standard InChI is InChI=1S/C15H21N3O2/c1-15(2,7-8-19)11-18-14(20)17-10-13-5-3-12(9-16)4-6-13/h3-6,19H,7-8,10-11H2,1-2H3,(H2,17,18,20). The summed E-state index contributed by atoms with van der Waals surface area (Å²) in [5, 5.41) is 23.1. The van der Waals surface area contributed by atoms with Gasteiger partial charge < -0.3 is 15.7 Å². The quantitative estimate of drug-likeness (QED) is 0.739. The summed E-state index contributed by atoms with van der Waals surface area (Å²) >= 11 is 0. The largest absolute Gasteiger partial charge is 0.396 e. The third kappa shape index (κ3) is 5.72. The Morgan fingerprint density at radius 2 is 1.95 bits per heavy atom. The van der Waals surface area contributed by atoms with Gasteiger partial charge in [-0.1, -0.05) is 26.0 Å². The second-order valence-electron chi connectivity index (χ2n) is 5.48.